The van der Waals surface area contributed by atoms with Crippen LogP contribution >= 0.6 is 11.3 Å². The topological polar surface area (TPSA) is 42.2 Å². The summed E-state index contributed by atoms with van der Waals surface area (Å²) in [4.78, 5) is 8.14. The van der Waals surface area contributed by atoms with Gasteiger partial charge in [0.05, 0.1) is 5.01 Å². The Morgan fingerprint density at radius 2 is 2.47 bits per heavy atom. The van der Waals surface area contributed by atoms with Crippen molar-refractivity contribution in [2.45, 2.75) is 32.9 Å². The molecule has 1 saturated heterocycles. The number of likely N-dealkylation sites (tertiary alicyclic amines) is 1. The number of hydrogen-bond acceptors (Lipinski definition) is 4. The van der Waals surface area contributed by atoms with Crippen molar-refractivity contribution in [3.63, 3.8) is 0 Å². The molecule has 1 aromatic rings. The molecule has 2 heterocycles. The molecule has 1 aliphatic heterocycles. The molecule has 2 N–H and O–H groups in total. The zero-order valence-electron chi connectivity index (χ0n) is 9.44. The highest BCUT2D eigenvalue weighted by molar-refractivity contribution is 7.11. The minimum Gasteiger partial charge on any atom is -0.327 e. The lowest BCUT2D eigenvalue weighted by Gasteiger charge is -2.34. The summed E-state index contributed by atoms with van der Waals surface area (Å²) in [6.07, 6.45) is 3.12. The van der Waals surface area contributed by atoms with Crippen LogP contribution in [0.1, 0.15) is 23.2 Å². The normalized spacial score (nSPS) is 28.2. The Hall–Kier alpha value is -0.450. The molecule has 84 valence electrons. The third kappa shape index (κ3) is 2.77. The van der Waals surface area contributed by atoms with Crippen molar-refractivity contribution in [1.82, 2.24) is 9.88 Å². The molecule has 0 unspecified atom stereocenters. The second kappa shape index (κ2) is 4.60. The van der Waals surface area contributed by atoms with Gasteiger partial charge in [0.2, 0.25) is 0 Å². The van der Waals surface area contributed by atoms with E-state index >= 15 is 0 Å². The Kier molecular flexibility index (Phi) is 3.38. The molecule has 2 atom stereocenters. The molecule has 0 aromatic carbocycles. The highest BCUT2D eigenvalue weighted by Gasteiger charge is 2.23. The van der Waals surface area contributed by atoms with Crippen LogP contribution in [0.25, 0.3) is 0 Å². The molecule has 2 rings (SSSR count). The molecule has 15 heavy (non-hydrogen) atoms. The molecule has 4 heteroatoms. The van der Waals surface area contributed by atoms with Crippen molar-refractivity contribution in [2.24, 2.45) is 11.7 Å². The number of aryl methyl sites for hydroxylation is 1. The molecule has 1 aromatic heterocycles. The van der Waals surface area contributed by atoms with E-state index in [4.69, 9.17) is 5.73 Å². The first kappa shape index (κ1) is 11.0. The number of nitrogens with zero attached hydrogens (tertiary/aromatic N) is 2. The van der Waals surface area contributed by atoms with Crippen LogP contribution in [0, 0.1) is 12.8 Å². The molecule has 1 aliphatic rings. The van der Waals surface area contributed by atoms with Gasteiger partial charge in [-0.1, -0.05) is 6.92 Å². The second-order valence-corrected chi connectivity index (χ2v) is 5.83. The molecular weight excluding hydrogens is 206 g/mol. The predicted octanol–water partition coefficient (Wildman–Crippen LogP) is 1.62. The van der Waals surface area contributed by atoms with Crippen molar-refractivity contribution in [1.29, 1.82) is 0 Å². The summed E-state index contributed by atoms with van der Waals surface area (Å²) in [6.45, 7) is 7.60. The maximum Gasteiger partial charge on any atom is 0.0897 e. The quantitative estimate of drug-likeness (QED) is 0.831. The van der Waals surface area contributed by atoms with E-state index in [-0.39, 0.29) is 0 Å². The third-order valence-corrected chi connectivity index (χ3v) is 4.00. The van der Waals surface area contributed by atoms with Gasteiger partial charge in [0.15, 0.2) is 0 Å². The maximum atomic E-state index is 6.00. The summed E-state index contributed by atoms with van der Waals surface area (Å²) >= 11 is 1.80. The minimum absolute atomic E-state index is 0.393. The number of rotatable bonds is 2. The van der Waals surface area contributed by atoms with E-state index in [1.54, 1.807) is 11.3 Å². The monoisotopic (exact) mass is 225 g/mol. The lowest BCUT2D eigenvalue weighted by Crippen LogP contribution is -2.45. The minimum atomic E-state index is 0.393. The number of thiazole rings is 1. The molecule has 0 radical (unpaired) electrons. The van der Waals surface area contributed by atoms with E-state index in [2.05, 4.69) is 23.7 Å². The number of nitrogens with two attached hydrogens (primary N) is 1. The van der Waals surface area contributed by atoms with Crippen molar-refractivity contribution in [3.05, 3.63) is 16.1 Å². The van der Waals surface area contributed by atoms with E-state index in [1.165, 1.54) is 4.88 Å². The van der Waals surface area contributed by atoms with Gasteiger partial charge in [0.25, 0.3) is 0 Å². The highest BCUT2D eigenvalue weighted by atomic mass is 32.1. The zero-order chi connectivity index (χ0) is 10.8. The molecular formula is C11H19N3S. The van der Waals surface area contributed by atoms with Gasteiger partial charge in [0, 0.05) is 36.8 Å². The van der Waals surface area contributed by atoms with Crippen molar-refractivity contribution >= 4 is 11.3 Å². The van der Waals surface area contributed by atoms with Gasteiger partial charge in [-0.25, -0.2) is 4.98 Å². The van der Waals surface area contributed by atoms with Crippen molar-refractivity contribution < 1.29 is 0 Å². The Morgan fingerprint density at radius 3 is 3.07 bits per heavy atom. The maximum absolute atomic E-state index is 6.00. The van der Waals surface area contributed by atoms with Crippen LogP contribution in [-0.2, 0) is 6.54 Å². The van der Waals surface area contributed by atoms with Gasteiger partial charge in [0.1, 0.15) is 0 Å². The molecule has 0 spiro atoms. The second-order valence-electron chi connectivity index (χ2n) is 4.51. The summed E-state index contributed by atoms with van der Waals surface area (Å²) in [5, 5.41) is 1.16. The smallest absolute Gasteiger partial charge is 0.0897 e. The lowest BCUT2D eigenvalue weighted by atomic mass is 9.95. The molecule has 0 amide bonds. The van der Waals surface area contributed by atoms with Crippen molar-refractivity contribution in [3.8, 4) is 0 Å². The number of hydrogen-bond donors (Lipinski definition) is 1. The summed E-state index contributed by atoms with van der Waals surface area (Å²) in [7, 11) is 0. The van der Waals surface area contributed by atoms with Crippen LogP contribution in [0.3, 0.4) is 0 Å². The third-order valence-electron chi connectivity index (χ3n) is 3.10. The predicted molar refractivity (Wildman–Crippen MR) is 63.9 cm³/mol. The lowest BCUT2D eigenvalue weighted by molar-refractivity contribution is 0.159. The van der Waals surface area contributed by atoms with Gasteiger partial charge in [-0.05, 0) is 19.3 Å². The van der Waals surface area contributed by atoms with Gasteiger partial charge in [-0.15, -0.1) is 11.3 Å². The first-order chi connectivity index (χ1) is 7.15. The summed E-state index contributed by atoms with van der Waals surface area (Å²) in [5.41, 5.74) is 6.00. The van der Waals surface area contributed by atoms with E-state index in [0.29, 0.717) is 12.0 Å². The zero-order valence-corrected chi connectivity index (χ0v) is 10.3. The Morgan fingerprint density at radius 1 is 1.67 bits per heavy atom. The fourth-order valence-electron chi connectivity index (χ4n) is 2.09. The van der Waals surface area contributed by atoms with E-state index < -0.39 is 0 Å². The Balaban J connectivity index is 1.90. The van der Waals surface area contributed by atoms with Crippen LogP contribution < -0.4 is 5.73 Å². The number of piperidine rings is 1. The van der Waals surface area contributed by atoms with Crippen LogP contribution in [0.2, 0.25) is 0 Å². The van der Waals surface area contributed by atoms with Crippen molar-refractivity contribution in [2.75, 3.05) is 13.1 Å². The van der Waals surface area contributed by atoms with E-state index in [0.717, 1.165) is 31.1 Å². The van der Waals surface area contributed by atoms with Gasteiger partial charge in [-0.2, -0.15) is 0 Å². The molecule has 3 nitrogen and oxygen atoms in total. The first-order valence-corrected chi connectivity index (χ1v) is 6.36. The average molecular weight is 225 g/mol. The highest BCUT2D eigenvalue weighted by Crippen LogP contribution is 2.19. The molecule has 0 aliphatic carbocycles. The van der Waals surface area contributed by atoms with E-state index in [9.17, 15) is 0 Å². The van der Waals surface area contributed by atoms with Gasteiger partial charge >= 0.3 is 0 Å². The van der Waals surface area contributed by atoms with Crippen LogP contribution in [0.15, 0.2) is 6.20 Å². The first-order valence-electron chi connectivity index (χ1n) is 5.54. The average Bonchev–Trinajstić information content (AvgIpc) is 2.58. The summed E-state index contributed by atoms with van der Waals surface area (Å²) in [6, 6.07) is 0.393. The SMILES string of the molecule is Cc1ncc(CN2CC[C@H](N)[C@@H](C)C2)s1. The Labute approximate surface area is 95.3 Å². The van der Waals surface area contributed by atoms with E-state index in [1.807, 2.05) is 6.20 Å². The van der Waals surface area contributed by atoms with Crippen LogP contribution in [0.5, 0.6) is 0 Å². The van der Waals surface area contributed by atoms with Crippen LogP contribution in [0.4, 0.5) is 0 Å². The molecule has 1 fully saturated rings. The molecule has 0 saturated carbocycles. The van der Waals surface area contributed by atoms with Crippen LogP contribution in [-0.4, -0.2) is 29.0 Å². The standard InChI is InChI=1S/C11H19N3S/c1-8-6-14(4-3-11(8)12)7-10-5-13-9(2)15-10/h5,8,11H,3-4,6-7,12H2,1-2H3/t8-,11-/m0/s1. The fourth-order valence-corrected chi connectivity index (χ4v) is 2.93. The summed E-state index contributed by atoms with van der Waals surface area (Å²) in [5.74, 6) is 0.618. The Bertz CT molecular complexity index is 323. The molecule has 0 bridgehead atoms. The van der Waals surface area contributed by atoms with Gasteiger partial charge in [-0.3, -0.25) is 4.90 Å². The fraction of sp³-hybridized carbons (Fsp3) is 0.727. The van der Waals surface area contributed by atoms with Gasteiger partial charge < -0.3 is 5.73 Å². The number of aromatic nitrogens is 1. The summed E-state index contributed by atoms with van der Waals surface area (Å²) < 4.78 is 0. The largest absolute Gasteiger partial charge is 0.327 e.